The molecule has 0 fully saturated rings. The Kier molecular flexibility index (Phi) is 1.80. The number of carbonyl (C=O) groups is 1. The highest BCUT2D eigenvalue weighted by molar-refractivity contribution is 9.10. The van der Waals surface area contributed by atoms with Crippen LogP contribution in [0.2, 0.25) is 0 Å². The van der Waals surface area contributed by atoms with Gasteiger partial charge in [0.2, 0.25) is 0 Å². The molecule has 2 rings (SSSR count). The van der Waals surface area contributed by atoms with Crippen molar-refractivity contribution in [3.63, 3.8) is 0 Å². The molecule has 1 aliphatic carbocycles. The predicted octanol–water partition coefficient (Wildman–Crippen LogP) is 3.14. The van der Waals surface area contributed by atoms with E-state index in [4.69, 9.17) is 0 Å². The predicted molar refractivity (Wildman–Crippen MR) is 51.5 cm³/mol. The molecule has 62 valence electrons. The first-order valence-electron chi connectivity index (χ1n) is 4.01. The molecule has 0 spiro atoms. The quantitative estimate of drug-likeness (QED) is 0.662. The molecule has 0 aliphatic heterocycles. The number of hydrogen-bond acceptors (Lipinski definition) is 1. The van der Waals surface area contributed by atoms with Crippen molar-refractivity contribution in [2.75, 3.05) is 0 Å². The molecule has 1 aromatic carbocycles. The van der Waals surface area contributed by atoms with E-state index < -0.39 is 0 Å². The summed E-state index contributed by atoms with van der Waals surface area (Å²) in [6, 6.07) is 5.82. The number of rotatable bonds is 0. The second-order valence-electron chi connectivity index (χ2n) is 3.23. The Hall–Kier alpha value is -0.630. The van der Waals surface area contributed by atoms with E-state index in [1.807, 2.05) is 18.2 Å². The van der Waals surface area contributed by atoms with Crippen LogP contribution in [0.25, 0.3) is 0 Å². The summed E-state index contributed by atoms with van der Waals surface area (Å²) < 4.78 is 1.07. The Morgan fingerprint density at radius 2 is 2.25 bits per heavy atom. The van der Waals surface area contributed by atoms with Gasteiger partial charge in [-0.05, 0) is 17.5 Å². The number of ketones is 1. The van der Waals surface area contributed by atoms with E-state index in [2.05, 4.69) is 22.9 Å². The lowest BCUT2D eigenvalue weighted by molar-refractivity contribution is 0.0990. The summed E-state index contributed by atoms with van der Waals surface area (Å²) in [6.45, 7) is 2.09. The smallest absolute Gasteiger partial charge is 0.163 e. The van der Waals surface area contributed by atoms with Crippen molar-refractivity contribution in [1.82, 2.24) is 0 Å². The molecule has 0 aromatic heterocycles. The maximum atomic E-state index is 11.4. The second-order valence-corrected chi connectivity index (χ2v) is 4.08. The summed E-state index contributed by atoms with van der Waals surface area (Å²) >= 11 is 3.46. The van der Waals surface area contributed by atoms with Gasteiger partial charge in [0.1, 0.15) is 0 Å². The number of hydrogen-bond donors (Lipinski definition) is 0. The Labute approximate surface area is 79.9 Å². The molecule has 0 unspecified atom stereocenters. The Bertz CT molecular complexity index is 344. The van der Waals surface area contributed by atoms with Crippen molar-refractivity contribution in [3.8, 4) is 0 Å². The summed E-state index contributed by atoms with van der Waals surface area (Å²) in [7, 11) is 0. The number of fused-ring (bicyclic) bond motifs is 1. The number of carbonyl (C=O) groups excluding carboxylic acids is 1. The van der Waals surface area contributed by atoms with Crippen molar-refractivity contribution in [1.29, 1.82) is 0 Å². The van der Waals surface area contributed by atoms with Crippen molar-refractivity contribution >= 4 is 21.7 Å². The van der Waals surface area contributed by atoms with Gasteiger partial charge in [0.25, 0.3) is 0 Å². The van der Waals surface area contributed by atoms with Crippen LogP contribution >= 0.6 is 15.9 Å². The molecule has 0 amide bonds. The van der Waals surface area contributed by atoms with E-state index in [0.29, 0.717) is 12.3 Å². The highest BCUT2D eigenvalue weighted by Gasteiger charge is 2.27. The van der Waals surface area contributed by atoms with Crippen LogP contribution in [0.4, 0.5) is 0 Å². The molecule has 1 aromatic rings. The third-order valence-electron chi connectivity index (χ3n) is 2.34. The van der Waals surface area contributed by atoms with Gasteiger partial charge in [0.05, 0.1) is 0 Å². The van der Waals surface area contributed by atoms with Crippen LogP contribution in [-0.4, -0.2) is 5.78 Å². The molecular formula is C10H9BrO. The van der Waals surface area contributed by atoms with Crippen LogP contribution in [0.15, 0.2) is 22.7 Å². The van der Waals surface area contributed by atoms with Gasteiger partial charge in [-0.1, -0.05) is 35.0 Å². The largest absolute Gasteiger partial charge is 0.294 e. The molecular weight excluding hydrogens is 216 g/mol. The fraction of sp³-hybridized carbons (Fsp3) is 0.300. The van der Waals surface area contributed by atoms with Crippen LogP contribution in [0.5, 0.6) is 0 Å². The van der Waals surface area contributed by atoms with E-state index in [-0.39, 0.29) is 5.78 Å². The van der Waals surface area contributed by atoms with Crippen LogP contribution in [0.3, 0.4) is 0 Å². The summed E-state index contributed by atoms with van der Waals surface area (Å²) in [4.78, 5) is 11.4. The molecule has 0 N–H and O–H groups in total. The van der Waals surface area contributed by atoms with Gasteiger partial charge < -0.3 is 0 Å². The zero-order chi connectivity index (χ0) is 8.72. The van der Waals surface area contributed by atoms with Crippen LogP contribution in [0, 0.1) is 0 Å². The summed E-state index contributed by atoms with van der Waals surface area (Å²) in [5.41, 5.74) is 2.08. The van der Waals surface area contributed by atoms with E-state index in [0.717, 1.165) is 10.0 Å². The highest BCUT2D eigenvalue weighted by Crippen LogP contribution is 2.37. The fourth-order valence-corrected chi connectivity index (χ4v) is 2.53. The normalized spacial score (nSPS) is 21.2. The van der Waals surface area contributed by atoms with Crippen molar-refractivity contribution < 1.29 is 4.79 Å². The van der Waals surface area contributed by atoms with Gasteiger partial charge in [0.15, 0.2) is 5.78 Å². The standard InChI is InChI=1S/C10H9BrO/c1-6-5-9(12)7-3-2-4-8(11)10(6)7/h2-4,6H,5H2,1H3/t6-/m1/s1. The van der Waals surface area contributed by atoms with Crippen molar-refractivity contribution in [2.24, 2.45) is 0 Å². The van der Waals surface area contributed by atoms with Gasteiger partial charge in [-0.2, -0.15) is 0 Å². The lowest BCUT2D eigenvalue weighted by Crippen LogP contribution is -1.89. The highest BCUT2D eigenvalue weighted by atomic mass is 79.9. The molecule has 0 saturated heterocycles. The lowest BCUT2D eigenvalue weighted by atomic mass is 10.0. The van der Waals surface area contributed by atoms with E-state index in [9.17, 15) is 4.79 Å². The summed E-state index contributed by atoms with van der Waals surface area (Å²) in [6.07, 6.45) is 0.665. The zero-order valence-corrected chi connectivity index (χ0v) is 8.39. The first-order chi connectivity index (χ1) is 5.70. The number of benzene rings is 1. The third kappa shape index (κ3) is 1.02. The number of Topliss-reactive ketones (excluding diaryl/α,β-unsaturated/α-hetero) is 1. The van der Waals surface area contributed by atoms with Crippen molar-refractivity contribution in [3.05, 3.63) is 33.8 Å². The molecule has 0 heterocycles. The average molecular weight is 225 g/mol. The van der Waals surface area contributed by atoms with Gasteiger partial charge in [-0.25, -0.2) is 0 Å². The molecule has 12 heavy (non-hydrogen) atoms. The zero-order valence-electron chi connectivity index (χ0n) is 6.80. The van der Waals surface area contributed by atoms with E-state index >= 15 is 0 Å². The molecule has 1 aliphatic rings. The summed E-state index contributed by atoms with van der Waals surface area (Å²) in [5.74, 6) is 0.655. The van der Waals surface area contributed by atoms with Gasteiger partial charge >= 0.3 is 0 Å². The molecule has 0 bridgehead atoms. The SMILES string of the molecule is C[C@@H]1CC(=O)c2cccc(Br)c21. The maximum absolute atomic E-state index is 11.4. The van der Waals surface area contributed by atoms with Crippen LogP contribution < -0.4 is 0 Å². The third-order valence-corrected chi connectivity index (χ3v) is 3.03. The van der Waals surface area contributed by atoms with Crippen molar-refractivity contribution in [2.45, 2.75) is 19.3 Å². The van der Waals surface area contributed by atoms with Gasteiger partial charge in [0, 0.05) is 16.5 Å². The fourth-order valence-electron chi connectivity index (χ4n) is 1.77. The topological polar surface area (TPSA) is 17.1 Å². The Morgan fingerprint density at radius 3 is 2.92 bits per heavy atom. The van der Waals surface area contributed by atoms with Gasteiger partial charge in [-0.3, -0.25) is 4.79 Å². The number of halogens is 1. The first-order valence-corrected chi connectivity index (χ1v) is 4.81. The minimum absolute atomic E-state index is 0.277. The minimum atomic E-state index is 0.277. The molecule has 1 nitrogen and oxygen atoms in total. The van der Waals surface area contributed by atoms with Gasteiger partial charge in [-0.15, -0.1) is 0 Å². The lowest BCUT2D eigenvalue weighted by Gasteiger charge is -2.04. The second kappa shape index (κ2) is 2.70. The molecule has 0 saturated carbocycles. The van der Waals surface area contributed by atoms with Crippen LogP contribution in [-0.2, 0) is 0 Å². The first kappa shape index (κ1) is 7.99. The molecule has 1 atom stereocenters. The van der Waals surface area contributed by atoms with E-state index in [1.165, 1.54) is 5.56 Å². The minimum Gasteiger partial charge on any atom is -0.294 e. The maximum Gasteiger partial charge on any atom is 0.163 e. The summed E-state index contributed by atoms with van der Waals surface area (Å²) in [5, 5.41) is 0. The molecule has 0 radical (unpaired) electrons. The Balaban J connectivity index is 2.67. The Morgan fingerprint density at radius 1 is 1.50 bits per heavy atom. The average Bonchev–Trinajstić information content (AvgIpc) is 2.29. The molecule has 2 heteroatoms. The monoisotopic (exact) mass is 224 g/mol. The van der Waals surface area contributed by atoms with E-state index in [1.54, 1.807) is 0 Å². The van der Waals surface area contributed by atoms with Crippen LogP contribution in [0.1, 0.15) is 35.2 Å².